The van der Waals surface area contributed by atoms with Gasteiger partial charge in [-0.25, -0.2) is 4.99 Å². The van der Waals surface area contributed by atoms with Crippen molar-refractivity contribution in [2.24, 2.45) is 10.7 Å². The van der Waals surface area contributed by atoms with E-state index < -0.39 is 5.91 Å². The summed E-state index contributed by atoms with van der Waals surface area (Å²) in [7, 11) is 1.56. The molecule has 0 aliphatic heterocycles. The van der Waals surface area contributed by atoms with E-state index in [9.17, 15) is 4.79 Å². The van der Waals surface area contributed by atoms with Crippen molar-refractivity contribution in [3.05, 3.63) is 65.2 Å². The molecule has 3 rings (SSSR count). The summed E-state index contributed by atoms with van der Waals surface area (Å²) in [5, 5.41) is 0.724. The van der Waals surface area contributed by atoms with Gasteiger partial charge in [-0.15, -0.1) is 0 Å². The number of amides is 1. The fourth-order valence-electron chi connectivity index (χ4n) is 2.34. The SMILES string of the molecule is COc1cccc2cc(C(N)=O)c(=Nc3ccccc3C)oc12. The molecule has 0 saturated heterocycles. The number of hydrogen-bond donors (Lipinski definition) is 1. The maximum absolute atomic E-state index is 11.8. The van der Waals surface area contributed by atoms with Crippen LogP contribution in [0.1, 0.15) is 15.9 Å². The number of benzene rings is 2. The number of carbonyl (C=O) groups excluding carboxylic acids is 1. The van der Waals surface area contributed by atoms with E-state index in [1.54, 1.807) is 19.2 Å². The van der Waals surface area contributed by atoms with E-state index in [0.717, 1.165) is 10.9 Å². The first kappa shape index (κ1) is 14.8. The summed E-state index contributed by atoms with van der Waals surface area (Å²) >= 11 is 0. The minimum absolute atomic E-state index is 0.170. The van der Waals surface area contributed by atoms with Crippen molar-refractivity contribution in [3.8, 4) is 5.75 Å². The highest BCUT2D eigenvalue weighted by molar-refractivity contribution is 5.96. The minimum Gasteiger partial charge on any atom is -0.493 e. The second-order valence-electron chi connectivity index (χ2n) is 5.11. The fourth-order valence-corrected chi connectivity index (χ4v) is 2.34. The van der Waals surface area contributed by atoms with Crippen molar-refractivity contribution in [1.29, 1.82) is 0 Å². The Morgan fingerprint density at radius 3 is 2.65 bits per heavy atom. The van der Waals surface area contributed by atoms with Crippen LogP contribution in [0.3, 0.4) is 0 Å². The molecule has 1 heterocycles. The molecule has 0 atom stereocenters. The summed E-state index contributed by atoms with van der Waals surface area (Å²) in [5.41, 5.74) is 8.09. The van der Waals surface area contributed by atoms with Gasteiger partial charge in [-0.05, 0) is 30.7 Å². The van der Waals surface area contributed by atoms with Crippen LogP contribution in [0.15, 0.2) is 57.9 Å². The van der Waals surface area contributed by atoms with Crippen LogP contribution in [0.4, 0.5) is 5.69 Å². The average molecular weight is 308 g/mol. The molecule has 116 valence electrons. The predicted molar refractivity (Wildman–Crippen MR) is 87.7 cm³/mol. The number of methoxy groups -OCH3 is 1. The zero-order chi connectivity index (χ0) is 16.4. The van der Waals surface area contributed by atoms with Crippen LogP contribution < -0.4 is 16.0 Å². The Hall–Kier alpha value is -3.08. The molecule has 1 aromatic heterocycles. The predicted octanol–water partition coefficient (Wildman–Crippen LogP) is 3.08. The zero-order valence-electron chi connectivity index (χ0n) is 12.9. The normalized spacial score (nSPS) is 11.7. The molecule has 0 bridgehead atoms. The smallest absolute Gasteiger partial charge is 0.254 e. The number of rotatable bonds is 3. The molecule has 0 aliphatic carbocycles. The van der Waals surface area contributed by atoms with Crippen LogP contribution in [-0.4, -0.2) is 13.0 Å². The Morgan fingerprint density at radius 1 is 1.17 bits per heavy atom. The van der Waals surface area contributed by atoms with E-state index in [1.807, 2.05) is 43.3 Å². The van der Waals surface area contributed by atoms with Crippen LogP contribution in [0, 0.1) is 6.92 Å². The monoisotopic (exact) mass is 308 g/mol. The van der Waals surface area contributed by atoms with Gasteiger partial charge in [0, 0.05) is 5.39 Å². The number of aryl methyl sites for hydroxylation is 1. The van der Waals surface area contributed by atoms with E-state index >= 15 is 0 Å². The van der Waals surface area contributed by atoms with Gasteiger partial charge in [0.15, 0.2) is 11.3 Å². The lowest BCUT2D eigenvalue weighted by Gasteiger charge is -2.06. The summed E-state index contributed by atoms with van der Waals surface area (Å²) in [5.74, 6) is -0.0226. The molecule has 0 saturated carbocycles. The Bertz CT molecular complexity index is 958. The first-order chi connectivity index (χ1) is 11.1. The largest absolute Gasteiger partial charge is 0.493 e. The maximum Gasteiger partial charge on any atom is 0.254 e. The van der Waals surface area contributed by atoms with Crippen LogP contribution in [0.2, 0.25) is 0 Å². The van der Waals surface area contributed by atoms with Crippen molar-refractivity contribution in [3.63, 3.8) is 0 Å². The van der Waals surface area contributed by atoms with Crippen LogP contribution in [-0.2, 0) is 0 Å². The van der Waals surface area contributed by atoms with Crippen molar-refractivity contribution in [2.75, 3.05) is 7.11 Å². The van der Waals surface area contributed by atoms with Gasteiger partial charge < -0.3 is 14.9 Å². The molecule has 0 spiro atoms. The Labute approximate surface area is 133 Å². The summed E-state index contributed by atoms with van der Waals surface area (Å²) in [6.07, 6.45) is 0. The van der Waals surface area contributed by atoms with E-state index in [1.165, 1.54) is 0 Å². The highest BCUT2D eigenvalue weighted by atomic mass is 16.5. The van der Waals surface area contributed by atoms with Gasteiger partial charge in [-0.1, -0.05) is 30.3 Å². The molecular weight excluding hydrogens is 292 g/mol. The third-order valence-corrected chi connectivity index (χ3v) is 3.56. The summed E-state index contributed by atoms with van der Waals surface area (Å²) < 4.78 is 11.1. The van der Waals surface area contributed by atoms with Gasteiger partial charge in [0.05, 0.1) is 12.8 Å². The van der Waals surface area contributed by atoms with E-state index in [-0.39, 0.29) is 11.1 Å². The molecule has 5 nitrogen and oxygen atoms in total. The molecule has 0 aliphatic rings. The summed E-state index contributed by atoms with van der Waals surface area (Å²) in [6.45, 7) is 1.93. The van der Waals surface area contributed by atoms with Gasteiger partial charge in [0.1, 0.15) is 5.56 Å². The van der Waals surface area contributed by atoms with Gasteiger partial charge in [-0.2, -0.15) is 0 Å². The highest BCUT2D eigenvalue weighted by Crippen LogP contribution is 2.25. The lowest BCUT2D eigenvalue weighted by Crippen LogP contribution is -2.21. The number of nitrogens with two attached hydrogens (primary N) is 1. The van der Waals surface area contributed by atoms with Crippen molar-refractivity contribution in [1.82, 2.24) is 0 Å². The van der Waals surface area contributed by atoms with Crippen molar-refractivity contribution >= 4 is 22.6 Å². The van der Waals surface area contributed by atoms with Crippen molar-refractivity contribution < 1.29 is 13.9 Å². The van der Waals surface area contributed by atoms with Gasteiger partial charge in [-0.3, -0.25) is 4.79 Å². The Balaban J connectivity index is 2.36. The van der Waals surface area contributed by atoms with Gasteiger partial charge in [0.25, 0.3) is 5.91 Å². The lowest BCUT2D eigenvalue weighted by atomic mass is 10.1. The maximum atomic E-state index is 11.8. The third kappa shape index (κ3) is 2.81. The lowest BCUT2D eigenvalue weighted by molar-refractivity contribution is 0.0996. The highest BCUT2D eigenvalue weighted by Gasteiger charge is 2.12. The summed E-state index contributed by atoms with van der Waals surface area (Å²) in [6, 6.07) is 14.7. The number of para-hydroxylation sites is 2. The third-order valence-electron chi connectivity index (χ3n) is 3.56. The summed E-state index contributed by atoms with van der Waals surface area (Å²) in [4.78, 5) is 16.2. The van der Waals surface area contributed by atoms with Gasteiger partial charge in [0.2, 0.25) is 5.55 Å². The molecule has 2 N–H and O–H groups in total. The number of fused-ring (bicyclic) bond motifs is 1. The Morgan fingerprint density at radius 2 is 1.96 bits per heavy atom. The molecule has 0 radical (unpaired) electrons. The number of hydrogen-bond acceptors (Lipinski definition) is 4. The van der Waals surface area contributed by atoms with E-state index in [4.69, 9.17) is 14.9 Å². The van der Waals surface area contributed by atoms with E-state index in [2.05, 4.69) is 4.99 Å². The molecule has 0 fully saturated rings. The number of ether oxygens (including phenoxy) is 1. The molecule has 5 heteroatoms. The quantitative estimate of drug-likeness (QED) is 0.807. The molecular formula is C18H16N2O3. The second-order valence-corrected chi connectivity index (χ2v) is 5.11. The average Bonchev–Trinajstić information content (AvgIpc) is 2.55. The Kier molecular flexibility index (Phi) is 3.85. The molecule has 2 aromatic carbocycles. The van der Waals surface area contributed by atoms with Crippen LogP contribution in [0.5, 0.6) is 5.75 Å². The first-order valence-electron chi connectivity index (χ1n) is 7.11. The molecule has 3 aromatic rings. The number of carbonyl (C=O) groups is 1. The first-order valence-corrected chi connectivity index (χ1v) is 7.11. The van der Waals surface area contributed by atoms with Crippen LogP contribution >= 0.6 is 0 Å². The molecule has 23 heavy (non-hydrogen) atoms. The second kappa shape index (κ2) is 5.96. The standard InChI is InChI=1S/C18H16N2O3/c1-11-6-3-4-8-14(11)20-18-13(17(19)21)10-12-7-5-9-15(22-2)16(12)23-18/h3-10H,1-2H3,(H2,19,21). The zero-order valence-corrected chi connectivity index (χ0v) is 12.9. The van der Waals surface area contributed by atoms with E-state index in [0.29, 0.717) is 17.0 Å². The van der Waals surface area contributed by atoms with Crippen molar-refractivity contribution in [2.45, 2.75) is 6.92 Å². The fraction of sp³-hybridized carbons (Fsp3) is 0.111. The number of nitrogens with zero attached hydrogens (tertiary/aromatic N) is 1. The minimum atomic E-state index is -0.592. The number of primary amides is 1. The van der Waals surface area contributed by atoms with Gasteiger partial charge >= 0.3 is 0 Å². The topological polar surface area (TPSA) is 77.8 Å². The molecule has 0 unspecified atom stereocenters. The molecule has 1 amide bonds. The van der Waals surface area contributed by atoms with Crippen LogP contribution in [0.25, 0.3) is 11.0 Å².